The molecule has 4 rings (SSSR count). The van der Waals surface area contributed by atoms with Crippen LogP contribution in [0.5, 0.6) is 0 Å². The number of imidazole rings is 1. The van der Waals surface area contributed by atoms with Crippen LogP contribution in [0, 0.1) is 6.92 Å². The van der Waals surface area contributed by atoms with E-state index in [-0.39, 0.29) is 0 Å². The molecule has 112 valence electrons. The lowest BCUT2D eigenvalue weighted by Crippen LogP contribution is -2.02. The Morgan fingerprint density at radius 3 is 2.86 bits per heavy atom. The third-order valence-electron chi connectivity index (χ3n) is 4.17. The fourth-order valence-electron chi connectivity index (χ4n) is 2.83. The Bertz CT molecular complexity index is 832. The summed E-state index contributed by atoms with van der Waals surface area (Å²) in [5, 5.41) is 3.34. The first-order valence-corrected chi connectivity index (χ1v) is 7.69. The van der Waals surface area contributed by atoms with Crippen LogP contribution in [-0.4, -0.2) is 19.5 Å². The van der Waals surface area contributed by atoms with Crippen molar-refractivity contribution in [2.24, 2.45) is 7.05 Å². The Hall–Kier alpha value is -2.43. The van der Waals surface area contributed by atoms with Crippen LogP contribution in [0.25, 0.3) is 11.0 Å². The average Bonchev–Trinajstić information content (AvgIpc) is 3.30. The SMILES string of the molecule is Cc1nccc(NCc2ccc3c(c2)nc(C2CC2)n3C)n1. The summed E-state index contributed by atoms with van der Waals surface area (Å²) in [6.07, 6.45) is 4.33. The van der Waals surface area contributed by atoms with Gasteiger partial charge in [0, 0.05) is 25.7 Å². The maximum Gasteiger partial charge on any atom is 0.129 e. The van der Waals surface area contributed by atoms with Gasteiger partial charge in [-0.3, -0.25) is 0 Å². The predicted molar refractivity (Wildman–Crippen MR) is 86.8 cm³/mol. The fraction of sp³-hybridized carbons (Fsp3) is 0.353. The Kier molecular flexibility index (Phi) is 3.06. The zero-order chi connectivity index (χ0) is 15.1. The number of hydrogen-bond acceptors (Lipinski definition) is 4. The van der Waals surface area contributed by atoms with Gasteiger partial charge < -0.3 is 9.88 Å². The second-order valence-electron chi connectivity index (χ2n) is 5.97. The van der Waals surface area contributed by atoms with E-state index in [0.717, 1.165) is 23.7 Å². The molecule has 1 aliphatic rings. The van der Waals surface area contributed by atoms with E-state index in [4.69, 9.17) is 4.98 Å². The molecular formula is C17H19N5. The fourth-order valence-corrected chi connectivity index (χ4v) is 2.83. The van der Waals surface area contributed by atoms with Crippen molar-refractivity contribution in [3.05, 3.63) is 47.7 Å². The van der Waals surface area contributed by atoms with E-state index >= 15 is 0 Å². The van der Waals surface area contributed by atoms with Crippen LogP contribution in [0.15, 0.2) is 30.5 Å². The van der Waals surface area contributed by atoms with Crippen molar-refractivity contribution in [2.75, 3.05) is 5.32 Å². The summed E-state index contributed by atoms with van der Waals surface area (Å²) in [5.41, 5.74) is 3.51. The van der Waals surface area contributed by atoms with Gasteiger partial charge in [0.05, 0.1) is 11.0 Å². The van der Waals surface area contributed by atoms with Crippen LogP contribution in [-0.2, 0) is 13.6 Å². The monoisotopic (exact) mass is 293 g/mol. The van der Waals surface area contributed by atoms with E-state index in [2.05, 4.69) is 45.1 Å². The molecule has 5 nitrogen and oxygen atoms in total. The van der Waals surface area contributed by atoms with Crippen LogP contribution < -0.4 is 5.32 Å². The van der Waals surface area contributed by atoms with Gasteiger partial charge in [-0.2, -0.15) is 0 Å². The number of aryl methyl sites for hydroxylation is 2. The maximum atomic E-state index is 4.81. The molecule has 1 aromatic carbocycles. The van der Waals surface area contributed by atoms with E-state index in [1.54, 1.807) is 6.20 Å². The van der Waals surface area contributed by atoms with Crippen LogP contribution in [0.3, 0.4) is 0 Å². The van der Waals surface area contributed by atoms with E-state index < -0.39 is 0 Å². The quantitative estimate of drug-likeness (QED) is 0.803. The van der Waals surface area contributed by atoms with Gasteiger partial charge in [-0.05, 0) is 43.5 Å². The van der Waals surface area contributed by atoms with Crippen molar-refractivity contribution < 1.29 is 0 Å². The molecule has 0 saturated heterocycles. The van der Waals surface area contributed by atoms with Crippen LogP contribution in [0.4, 0.5) is 5.82 Å². The molecule has 2 aromatic heterocycles. The molecule has 2 heterocycles. The summed E-state index contributed by atoms with van der Waals surface area (Å²) >= 11 is 0. The highest BCUT2D eigenvalue weighted by molar-refractivity contribution is 5.77. The summed E-state index contributed by atoms with van der Waals surface area (Å²) in [7, 11) is 2.12. The third kappa shape index (κ3) is 2.43. The standard InChI is InChI=1S/C17H19N5/c1-11-18-8-7-16(20-11)19-10-12-3-6-15-14(9-12)21-17(22(15)2)13-4-5-13/h3,6-9,13H,4-5,10H2,1-2H3,(H,18,19,20). The average molecular weight is 293 g/mol. The second-order valence-corrected chi connectivity index (χ2v) is 5.97. The number of rotatable bonds is 4. The largest absolute Gasteiger partial charge is 0.366 e. The molecule has 1 saturated carbocycles. The molecular weight excluding hydrogens is 274 g/mol. The van der Waals surface area contributed by atoms with Crippen molar-refractivity contribution in [3.8, 4) is 0 Å². The zero-order valence-electron chi connectivity index (χ0n) is 12.9. The topological polar surface area (TPSA) is 55.6 Å². The van der Waals surface area contributed by atoms with Gasteiger partial charge in [0.25, 0.3) is 0 Å². The first-order valence-electron chi connectivity index (χ1n) is 7.69. The van der Waals surface area contributed by atoms with Crippen molar-refractivity contribution in [1.29, 1.82) is 0 Å². The lowest BCUT2D eigenvalue weighted by molar-refractivity contribution is 0.820. The molecule has 0 atom stereocenters. The lowest BCUT2D eigenvalue weighted by Gasteiger charge is -2.06. The molecule has 5 heteroatoms. The number of nitrogens with zero attached hydrogens (tertiary/aromatic N) is 4. The van der Waals surface area contributed by atoms with Crippen LogP contribution in [0.1, 0.15) is 36.0 Å². The number of fused-ring (bicyclic) bond motifs is 1. The summed E-state index contributed by atoms with van der Waals surface area (Å²) < 4.78 is 2.23. The van der Waals surface area contributed by atoms with Crippen molar-refractivity contribution in [3.63, 3.8) is 0 Å². The van der Waals surface area contributed by atoms with Gasteiger partial charge in [0.2, 0.25) is 0 Å². The molecule has 3 aromatic rings. The van der Waals surface area contributed by atoms with Gasteiger partial charge >= 0.3 is 0 Å². The van der Waals surface area contributed by atoms with E-state index in [1.807, 2.05) is 13.0 Å². The predicted octanol–water partition coefficient (Wildman–Crippen LogP) is 3.16. The molecule has 0 radical (unpaired) electrons. The maximum absolute atomic E-state index is 4.81. The number of nitrogens with one attached hydrogen (secondary N) is 1. The van der Waals surface area contributed by atoms with E-state index in [0.29, 0.717) is 5.92 Å². The highest BCUT2D eigenvalue weighted by atomic mass is 15.1. The first-order chi connectivity index (χ1) is 10.7. The minimum Gasteiger partial charge on any atom is -0.366 e. The number of aromatic nitrogens is 4. The zero-order valence-corrected chi connectivity index (χ0v) is 12.9. The first kappa shape index (κ1) is 13.2. The molecule has 0 amide bonds. The molecule has 1 fully saturated rings. The van der Waals surface area contributed by atoms with Crippen molar-refractivity contribution in [2.45, 2.75) is 32.2 Å². The minimum atomic E-state index is 0.669. The Balaban J connectivity index is 1.57. The van der Waals surface area contributed by atoms with Gasteiger partial charge in [-0.15, -0.1) is 0 Å². The molecule has 22 heavy (non-hydrogen) atoms. The second kappa shape index (κ2) is 5.09. The highest BCUT2D eigenvalue weighted by Crippen LogP contribution is 2.40. The van der Waals surface area contributed by atoms with E-state index in [9.17, 15) is 0 Å². The van der Waals surface area contributed by atoms with Crippen molar-refractivity contribution in [1.82, 2.24) is 19.5 Å². The molecule has 1 N–H and O–H groups in total. The van der Waals surface area contributed by atoms with E-state index in [1.165, 1.54) is 29.7 Å². The van der Waals surface area contributed by atoms with Gasteiger partial charge in [-0.1, -0.05) is 6.07 Å². The van der Waals surface area contributed by atoms with Gasteiger partial charge in [0.15, 0.2) is 0 Å². The summed E-state index contributed by atoms with van der Waals surface area (Å²) in [4.78, 5) is 13.3. The number of anilines is 1. The minimum absolute atomic E-state index is 0.669. The molecule has 0 bridgehead atoms. The highest BCUT2D eigenvalue weighted by Gasteiger charge is 2.28. The molecule has 0 unspecified atom stereocenters. The summed E-state index contributed by atoms with van der Waals surface area (Å²) in [6.45, 7) is 2.63. The normalized spacial score (nSPS) is 14.5. The number of hydrogen-bond donors (Lipinski definition) is 1. The molecule has 1 aliphatic carbocycles. The Labute approximate surface area is 129 Å². The Morgan fingerprint density at radius 1 is 1.23 bits per heavy atom. The van der Waals surface area contributed by atoms with Crippen LogP contribution >= 0.6 is 0 Å². The van der Waals surface area contributed by atoms with Gasteiger partial charge in [-0.25, -0.2) is 15.0 Å². The summed E-state index contributed by atoms with van der Waals surface area (Å²) in [6, 6.07) is 8.37. The molecule has 0 spiro atoms. The van der Waals surface area contributed by atoms with Crippen LogP contribution in [0.2, 0.25) is 0 Å². The Morgan fingerprint density at radius 2 is 2.09 bits per heavy atom. The number of benzene rings is 1. The third-order valence-corrected chi connectivity index (χ3v) is 4.17. The smallest absolute Gasteiger partial charge is 0.129 e. The summed E-state index contributed by atoms with van der Waals surface area (Å²) in [5.74, 6) is 3.53. The van der Waals surface area contributed by atoms with Gasteiger partial charge in [0.1, 0.15) is 17.5 Å². The molecule has 0 aliphatic heterocycles. The lowest BCUT2D eigenvalue weighted by atomic mass is 10.2. The van der Waals surface area contributed by atoms with Crippen molar-refractivity contribution >= 4 is 16.9 Å².